The lowest BCUT2D eigenvalue weighted by atomic mass is 10.3. The van der Waals surface area contributed by atoms with Crippen LogP contribution in [0.5, 0.6) is 0 Å². The lowest BCUT2D eigenvalue weighted by Crippen LogP contribution is -2.34. The molecule has 8 heteroatoms. The molecule has 0 saturated carbocycles. The zero-order chi connectivity index (χ0) is 14.5. The molecule has 0 radical (unpaired) electrons. The predicted octanol–water partition coefficient (Wildman–Crippen LogP) is 0.570. The highest BCUT2D eigenvalue weighted by Crippen LogP contribution is 2.14. The standard InChI is InChI=1S/C12H19N7O/c1-9(7-20-4)18(3)11-15-10(13-2)16-12(17-11)19-6-5-14-8-19/h5-6,8-9H,7H2,1-4H3,(H,13,15,16,17). The van der Waals surface area contributed by atoms with E-state index < -0.39 is 0 Å². The van der Waals surface area contributed by atoms with E-state index in [0.717, 1.165) is 0 Å². The second-order valence-electron chi connectivity index (χ2n) is 4.39. The van der Waals surface area contributed by atoms with Gasteiger partial charge in [0.1, 0.15) is 6.33 Å². The van der Waals surface area contributed by atoms with Gasteiger partial charge in [0, 0.05) is 33.6 Å². The summed E-state index contributed by atoms with van der Waals surface area (Å²) in [5.74, 6) is 1.61. The van der Waals surface area contributed by atoms with Crippen molar-refractivity contribution in [3.63, 3.8) is 0 Å². The van der Waals surface area contributed by atoms with Crippen LogP contribution in [0.2, 0.25) is 0 Å². The molecule has 0 aliphatic rings. The summed E-state index contributed by atoms with van der Waals surface area (Å²) in [6, 6.07) is 0.155. The number of rotatable bonds is 6. The summed E-state index contributed by atoms with van der Waals surface area (Å²) in [5.41, 5.74) is 0. The van der Waals surface area contributed by atoms with E-state index in [1.54, 1.807) is 37.4 Å². The normalized spacial score (nSPS) is 12.2. The first kappa shape index (κ1) is 14.2. The van der Waals surface area contributed by atoms with E-state index in [9.17, 15) is 0 Å². The molecule has 0 aliphatic heterocycles. The minimum atomic E-state index is 0.155. The molecule has 0 spiro atoms. The van der Waals surface area contributed by atoms with E-state index in [1.807, 2.05) is 18.9 Å². The molecule has 0 fully saturated rings. The third-order valence-electron chi connectivity index (χ3n) is 2.96. The molecule has 1 N–H and O–H groups in total. The van der Waals surface area contributed by atoms with E-state index in [1.165, 1.54) is 0 Å². The number of aromatic nitrogens is 5. The Morgan fingerprint density at radius 3 is 2.80 bits per heavy atom. The number of nitrogens with zero attached hydrogens (tertiary/aromatic N) is 6. The Labute approximate surface area is 117 Å². The molecule has 2 aromatic heterocycles. The van der Waals surface area contributed by atoms with Crippen LogP contribution in [0.15, 0.2) is 18.7 Å². The van der Waals surface area contributed by atoms with E-state index in [4.69, 9.17) is 4.74 Å². The SMILES string of the molecule is CNc1nc(N(C)C(C)COC)nc(-n2ccnc2)n1. The van der Waals surface area contributed by atoms with Gasteiger partial charge in [-0.05, 0) is 6.92 Å². The van der Waals surface area contributed by atoms with Gasteiger partial charge < -0.3 is 15.0 Å². The van der Waals surface area contributed by atoms with E-state index in [2.05, 4.69) is 25.3 Å². The van der Waals surface area contributed by atoms with Crippen LogP contribution in [-0.2, 0) is 4.74 Å². The van der Waals surface area contributed by atoms with Crippen molar-refractivity contribution in [3.05, 3.63) is 18.7 Å². The molecule has 2 rings (SSSR count). The van der Waals surface area contributed by atoms with Crippen LogP contribution in [0.4, 0.5) is 11.9 Å². The lowest BCUT2D eigenvalue weighted by molar-refractivity contribution is 0.183. The molecule has 0 bridgehead atoms. The third-order valence-corrected chi connectivity index (χ3v) is 2.96. The fourth-order valence-corrected chi connectivity index (χ4v) is 1.67. The fourth-order valence-electron chi connectivity index (χ4n) is 1.67. The summed E-state index contributed by atoms with van der Waals surface area (Å²) < 4.78 is 6.90. The summed E-state index contributed by atoms with van der Waals surface area (Å²) in [5, 5.41) is 2.94. The number of nitrogens with one attached hydrogen (secondary N) is 1. The monoisotopic (exact) mass is 277 g/mol. The van der Waals surface area contributed by atoms with Crippen molar-refractivity contribution in [3.8, 4) is 5.95 Å². The molecule has 8 nitrogen and oxygen atoms in total. The molecular formula is C12H19N7O. The Morgan fingerprint density at radius 2 is 2.20 bits per heavy atom. The molecular weight excluding hydrogens is 258 g/mol. The van der Waals surface area contributed by atoms with Crippen molar-refractivity contribution in [2.24, 2.45) is 0 Å². The van der Waals surface area contributed by atoms with E-state index >= 15 is 0 Å². The topological polar surface area (TPSA) is 81.0 Å². The van der Waals surface area contributed by atoms with Gasteiger partial charge in [-0.15, -0.1) is 0 Å². The maximum Gasteiger partial charge on any atom is 0.241 e. The van der Waals surface area contributed by atoms with Gasteiger partial charge in [-0.1, -0.05) is 0 Å². The number of ether oxygens (including phenoxy) is 1. The maximum atomic E-state index is 5.16. The van der Waals surface area contributed by atoms with Crippen molar-refractivity contribution in [1.29, 1.82) is 0 Å². The molecule has 1 atom stereocenters. The number of anilines is 2. The van der Waals surface area contributed by atoms with E-state index in [0.29, 0.717) is 24.5 Å². The van der Waals surface area contributed by atoms with Crippen molar-refractivity contribution >= 4 is 11.9 Å². The van der Waals surface area contributed by atoms with Gasteiger partial charge in [-0.2, -0.15) is 15.0 Å². The summed E-state index contributed by atoms with van der Waals surface area (Å²) >= 11 is 0. The van der Waals surface area contributed by atoms with Gasteiger partial charge in [0.05, 0.1) is 12.6 Å². The summed E-state index contributed by atoms with van der Waals surface area (Å²) in [6.45, 7) is 2.64. The van der Waals surface area contributed by atoms with Crippen molar-refractivity contribution in [2.75, 3.05) is 38.0 Å². The van der Waals surface area contributed by atoms with Crippen LogP contribution >= 0.6 is 0 Å². The zero-order valence-corrected chi connectivity index (χ0v) is 12.1. The van der Waals surface area contributed by atoms with Gasteiger partial charge in [0.25, 0.3) is 0 Å². The minimum absolute atomic E-state index is 0.155. The molecule has 0 aromatic carbocycles. The average Bonchev–Trinajstić information content (AvgIpc) is 3.00. The molecule has 1 unspecified atom stereocenters. The van der Waals surface area contributed by atoms with Gasteiger partial charge in [-0.25, -0.2) is 4.98 Å². The number of hydrogen-bond acceptors (Lipinski definition) is 7. The first-order valence-electron chi connectivity index (χ1n) is 6.29. The first-order valence-corrected chi connectivity index (χ1v) is 6.29. The average molecular weight is 277 g/mol. The first-order chi connectivity index (χ1) is 9.65. The van der Waals surface area contributed by atoms with Gasteiger partial charge in [0.2, 0.25) is 17.8 Å². The van der Waals surface area contributed by atoms with Gasteiger partial charge in [-0.3, -0.25) is 4.57 Å². The third kappa shape index (κ3) is 3.02. The fraction of sp³-hybridized carbons (Fsp3) is 0.500. The number of hydrogen-bond donors (Lipinski definition) is 1. The molecule has 2 heterocycles. The lowest BCUT2D eigenvalue weighted by Gasteiger charge is -2.24. The van der Waals surface area contributed by atoms with Crippen LogP contribution in [0, 0.1) is 0 Å². The Balaban J connectivity index is 2.35. The van der Waals surface area contributed by atoms with Crippen molar-refractivity contribution in [1.82, 2.24) is 24.5 Å². The Morgan fingerprint density at radius 1 is 1.40 bits per heavy atom. The Bertz CT molecular complexity index is 543. The van der Waals surface area contributed by atoms with Crippen LogP contribution in [0.1, 0.15) is 6.92 Å². The maximum absolute atomic E-state index is 5.16. The van der Waals surface area contributed by atoms with Gasteiger partial charge >= 0.3 is 0 Å². The van der Waals surface area contributed by atoms with E-state index in [-0.39, 0.29) is 6.04 Å². The smallest absolute Gasteiger partial charge is 0.241 e. The predicted molar refractivity (Wildman–Crippen MR) is 76.2 cm³/mol. The van der Waals surface area contributed by atoms with Crippen molar-refractivity contribution in [2.45, 2.75) is 13.0 Å². The van der Waals surface area contributed by atoms with Crippen LogP contribution in [0.3, 0.4) is 0 Å². The minimum Gasteiger partial charge on any atom is -0.383 e. The molecule has 0 aliphatic carbocycles. The Kier molecular flexibility index (Phi) is 4.46. The molecule has 2 aromatic rings. The molecule has 108 valence electrons. The summed E-state index contributed by atoms with van der Waals surface area (Å²) in [4.78, 5) is 19.1. The highest BCUT2D eigenvalue weighted by Gasteiger charge is 2.15. The van der Waals surface area contributed by atoms with Crippen LogP contribution in [0.25, 0.3) is 5.95 Å². The molecule has 0 saturated heterocycles. The quantitative estimate of drug-likeness (QED) is 0.826. The molecule has 0 amide bonds. The number of imidazole rings is 1. The zero-order valence-electron chi connectivity index (χ0n) is 12.1. The number of likely N-dealkylation sites (N-methyl/N-ethyl adjacent to an activating group) is 1. The van der Waals surface area contributed by atoms with Crippen LogP contribution in [-0.4, -0.2) is 58.4 Å². The highest BCUT2D eigenvalue weighted by atomic mass is 16.5. The molecule has 20 heavy (non-hydrogen) atoms. The van der Waals surface area contributed by atoms with Crippen LogP contribution < -0.4 is 10.2 Å². The second-order valence-corrected chi connectivity index (χ2v) is 4.39. The number of methoxy groups -OCH3 is 1. The summed E-state index contributed by atoms with van der Waals surface area (Å²) in [7, 11) is 5.37. The largest absolute Gasteiger partial charge is 0.383 e. The van der Waals surface area contributed by atoms with Crippen molar-refractivity contribution < 1.29 is 4.74 Å². The Hall–Kier alpha value is -2.22. The second kappa shape index (κ2) is 6.29. The highest BCUT2D eigenvalue weighted by molar-refractivity contribution is 5.40. The summed E-state index contributed by atoms with van der Waals surface area (Å²) in [6.07, 6.45) is 5.12. The van der Waals surface area contributed by atoms with Gasteiger partial charge in [0.15, 0.2) is 0 Å².